The van der Waals surface area contributed by atoms with Crippen LogP contribution in [-0.2, 0) is 10.0 Å². The van der Waals surface area contributed by atoms with Gasteiger partial charge in [0.1, 0.15) is 0 Å². The molecule has 2 saturated carbocycles. The number of rotatable bonds is 6. The van der Waals surface area contributed by atoms with Crippen molar-refractivity contribution in [3.8, 4) is 0 Å². The highest BCUT2D eigenvalue weighted by Crippen LogP contribution is 2.40. The first kappa shape index (κ1) is 16.7. The second-order valence-electron chi connectivity index (χ2n) is 6.68. The van der Waals surface area contributed by atoms with Gasteiger partial charge in [0.15, 0.2) is 5.13 Å². The van der Waals surface area contributed by atoms with E-state index in [4.69, 9.17) is 0 Å². The van der Waals surface area contributed by atoms with Crippen LogP contribution >= 0.6 is 11.3 Å². The first-order chi connectivity index (χ1) is 11.9. The molecule has 4 rings (SSSR count). The summed E-state index contributed by atoms with van der Waals surface area (Å²) in [5, 5.41) is 5.31. The van der Waals surface area contributed by atoms with Gasteiger partial charge in [-0.05, 0) is 50.3 Å². The van der Waals surface area contributed by atoms with E-state index >= 15 is 0 Å². The SMILES string of the molecule is Cc1ccc(S(=O)(=O)NC2CC2)cc1C(=O)Nc1nc(C2CC2)cs1. The van der Waals surface area contributed by atoms with E-state index in [1.165, 1.54) is 23.5 Å². The van der Waals surface area contributed by atoms with Gasteiger partial charge < -0.3 is 0 Å². The smallest absolute Gasteiger partial charge is 0.257 e. The quantitative estimate of drug-likeness (QED) is 0.810. The maximum atomic E-state index is 12.6. The van der Waals surface area contributed by atoms with Crippen molar-refractivity contribution in [2.45, 2.75) is 49.5 Å². The number of aryl methyl sites for hydroxylation is 1. The molecular formula is C17H19N3O3S2. The number of carbonyl (C=O) groups is 1. The molecule has 2 fully saturated rings. The average molecular weight is 377 g/mol. The fourth-order valence-corrected chi connectivity index (χ4v) is 4.69. The minimum Gasteiger partial charge on any atom is -0.298 e. The van der Waals surface area contributed by atoms with Crippen LogP contribution in [0.15, 0.2) is 28.5 Å². The van der Waals surface area contributed by atoms with Crippen LogP contribution in [0.2, 0.25) is 0 Å². The molecule has 1 amide bonds. The third-order valence-electron chi connectivity index (χ3n) is 4.40. The molecule has 6 nitrogen and oxygen atoms in total. The largest absolute Gasteiger partial charge is 0.298 e. The van der Waals surface area contributed by atoms with Crippen molar-refractivity contribution in [3.05, 3.63) is 40.4 Å². The molecule has 0 unspecified atom stereocenters. The van der Waals surface area contributed by atoms with Crippen LogP contribution in [0.5, 0.6) is 0 Å². The predicted molar refractivity (Wildman–Crippen MR) is 96.6 cm³/mol. The van der Waals surface area contributed by atoms with Crippen molar-refractivity contribution >= 4 is 32.4 Å². The molecule has 1 aromatic heterocycles. The molecule has 1 heterocycles. The highest BCUT2D eigenvalue weighted by molar-refractivity contribution is 7.89. The van der Waals surface area contributed by atoms with Crippen LogP contribution in [0.3, 0.4) is 0 Å². The zero-order chi connectivity index (χ0) is 17.6. The Labute approximate surface area is 150 Å². The number of benzene rings is 1. The maximum absolute atomic E-state index is 12.6. The van der Waals surface area contributed by atoms with Gasteiger partial charge in [-0.15, -0.1) is 11.3 Å². The summed E-state index contributed by atoms with van der Waals surface area (Å²) in [6, 6.07) is 4.66. The van der Waals surface area contributed by atoms with Crippen LogP contribution < -0.4 is 10.0 Å². The molecule has 2 aromatic rings. The van der Waals surface area contributed by atoms with Crippen LogP contribution in [0, 0.1) is 6.92 Å². The molecular weight excluding hydrogens is 358 g/mol. The summed E-state index contributed by atoms with van der Waals surface area (Å²) < 4.78 is 27.4. The molecule has 25 heavy (non-hydrogen) atoms. The lowest BCUT2D eigenvalue weighted by Crippen LogP contribution is -2.26. The van der Waals surface area contributed by atoms with Crippen LogP contribution in [0.4, 0.5) is 5.13 Å². The standard InChI is InChI=1S/C17H19N3O3S2/c1-10-2-7-13(25(22,23)20-12-5-6-12)8-14(10)16(21)19-17-18-15(9-24-17)11-3-4-11/h2,7-9,11-12,20H,3-6H2,1H3,(H,18,19,21). The normalized spacial score (nSPS) is 17.5. The van der Waals surface area contributed by atoms with Gasteiger partial charge in [0, 0.05) is 22.9 Å². The van der Waals surface area contributed by atoms with Gasteiger partial charge in [0.25, 0.3) is 5.91 Å². The zero-order valence-corrected chi connectivity index (χ0v) is 15.4. The van der Waals surface area contributed by atoms with Crippen molar-refractivity contribution in [2.24, 2.45) is 0 Å². The van der Waals surface area contributed by atoms with Gasteiger partial charge in [-0.25, -0.2) is 18.1 Å². The van der Waals surface area contributed by atoms with Gasteiger partial charge in [-0.1, -0.05) is 6.07 Å². The number of nitrogens with zero attached hydrogens (tertiary/aromatic N) is 1. The van der Waals surface area contributed by atoms with E-state index < -0.39 is 10.0 Å². The fraction of sp³-hybridized carbons (Fsp3) is 0.412. The van der Waals surface area contributed by atoms with Gasteiger partial charge in [-0.2, -0.15) is 0 Å². The Balaban J connectivity index is 1.55. The number of carbonyl (C=O) groups excluding carboxylic acids is 1. The van der Waals surface area contributed by atoms with Crippen molar-refractivity contribution in [1.82, 2.24) is 9.71 Å². The first-order valence-corrected chi connectivity index (χ1v) is 10.7. The molecule has 2 aliphatic rings. The Morgan fingerprint density at radius 3 is 2.68 bits per heavy atom. The lowest BCUT2D eigenvalue weighted by molar-refractivity contribution is 0.102. The molecule has 0 bridgehead atoms. The first-order valence-electron chi connectivity index (χ1n) is 8.32. The van der Waals surface area contributed by atoms with E-state index in [9.17, 15) is 13.2 Å². The Morgan fingerprint density at radius 2 is 2.00 bits per heavy atom. The number of aromatic nitrogens is 1. The molecule has 132 valence electrons. The number of hydrogen-bond acceptors (Lipinski definition) is 5. The van der Waals surface area contributed by atoms with Crippen LogP contribution in [0.1, 0.15) is 53.2 Å². The van der Waals surface area contributed by atoms with Crippen LogP contribution in [0.25, 0.3) is 0 Å². The summed E-state index contributed by atoms with van der Waals surface area (Å²) in [6.45, 7) is 1.79. The number of amides is 1. The van der Waals surface area contributed by atoms with E-state index in [0.717, 1.165) is 36.9 Å². The molecule has 0 aliphatic heterocycles. The topological polar surface area (TPSA) is 88.2 Å². The summed E-state index contributed by atoms with van der Waals surface area (Å²) in [5.74, 6) is 0.197. The van der Waals surface area contributed by atoms with E-state index in [1.54, 1.807) is 13.0 Å². The predicted octanol–water partition coefficient (Wildman–Crippen LogP) is 3.02. The van der Waals surface area contributed by atoms with Crippen molar-refractivity contribution in [2.75, 3.05) is 5.32 Å². The van der Waals surface area contributed by atoms with Crippen molar-refractivity contribution in [3.63, 3.8) is 0 Å². The monoisotopic (exact) mass is 377 g/mol. The summed E-state index contributed by atoms with van der Waals surface area (Å²) >= 11 is 1.40. The second kappa shape index (κ2) is 6.19. The van der Waals surface area contributed by atoms with Gasteiger partial charge in [0.05, 0.1) is 10.6 Å². The minimum absolute atomic E-state index is 0.0275. The fourth-order valence-electron chi connectivity index (χ4n) is 2.58. The molecule has 2 N–H and O–H groups in total. The molecule has 8 heteroatoms. The number of thiazole rings is 1. The summed E-state index contributed by atoms with van der Waals surface area (Å²) in [6.07, 6.45) is 4.05. The highest BCUT2D eigenvalue weighted by atomic mass is 32.2. The van der Waals surface area contributed by atoms with E-state index in [-0.39, 0.29) is 16.8 Å². The molecule has 2 aliphatic carbocycles. The molecule has 0 radical (unpaired) electrons. The highest BCUT2D eigenvalue weighted by Gasteiger charge is 2.29. The minimum atomic E-state index is -3.58. The number of anilines is 1. The van der Waals surface area contributed by atoms with Crippen molar-refractivity contribution < 1.29 is 13.2 Å². The lowest BCUT2D eigenvalue weighted by Gasteiger charge is -2.10. The molecule has 1 aromatic carbocycles. The van der Waals surface area contributed by atoms with E-state index in [2.05, 4.69) is 15.0 Å². The third-order valence-corrected chi connectivity index (χ3v) is 6.70. The maximum Gasteiger partial charge on any atom is 0.257 e. The Morgan fingerprint density at radius 1 is 1.24 bits per heavy atom. The van der Waals surface area contributed by atoms with Gasteiger partial charge in [-0.3, -0.25) is 10.1 Å². The molecule has 0 atom stereocenters. The van der Waals surface area contributed by atoms with E-state index in [1.807, 2.05) is 5.38 Å². The second-order valence-corrected chi connectivity index (χ2v) is 9.25. The Kier molecular flexibility index (Phi) is 4.13. The molecule has 0 saturated heterocycles. The average Bonchev–Trinajstić information content (AvgIpc) is 3.49. The zero-order valence-electron chi connectivity index (χ0n) is 13.8. The van der Waals surface area contributed by atoms with Crippen molar-refractivity contribution in [1.29, 1.82) is 0 Å². The number of hydrogen-bond donors (Lipinski definition) is 2. The number of nitrogens with one attached hydrogen (secondary N) is 2. The lowest BCUT2D eigenvalue weighted by atomic mass is 10.1. The Hall–Kier alpha value is -1.77. The van der Waals surface area contributed by atoms with E-state index in [0.29, 0.717) is 16.6 Å². The van der Waals surface area contributed by atoms with Gasteiger partial charge in [0.2, 0.25) is 10.0 Å². The molecule has 0 spiro atoms. The summed E-state index contributed by atoms with van der Waals surface area (Å²) in [5.41, 5.74) is 2.10. The van der Waals surface area contributed by atoms with Crippen LogP contribution in [-0.4, -0.2) is 25.4 Å². The van der Waals surface area contributed by atoms with Gasteiger partial charge >= 0.3 is 0 Å². The summed E-state index contributed by atoms with van der Waals surface area (Å²) in [7, 11) is -3.58. The third kappa shape index (κ3) is 3.75. The number of sulfonamides is 1. The summed E-state index contributed by atoms with van der Waals surface area (Å²) in [4.78, 5) is 17.1. The Bertz CT molecular complexity index is 928.